The lowest BCUT2D eigenvalue weighted by molar-refractivity contribution is -0.124. The predicted molar refractivity (Wildman–Crippen MR) is 99.4 cm³/mol. The van der Waals surface area contributed by atoms with E-state index in [4.69, 9.17) is 9.47 Å². The smallest absolute Gasteiger partial charge is 0.338 e. The van der Waals surface area contributed by atoms with Crippen molar-refractivity contribution in [2.45, 2.75) is 6.54 Å². The van der Waals surface area contributed by atoms with E-state index in [1.807, 2.05) is 47.8 Å². The fourth-order valence-electron chi connectivity index (χ4n) is 2.15. The third-order valence-electron chi connectivity index (χ3n) is 3.44. The highest BCUT2D eigenvalue weighted by Gasteiger charge is 2.10. The van der Waals surface area contributed by atoms with Crippen molar-refractivity contribution in [2.24, 2.45) is 0 Å². The summed E-state index contributed by atoms with van der Waals surface area (Å²) in [5, 5.41) is 4.64. The van der Waals surface area contributed by atoms with Gasteiger partial charge in [-0.1, -0.05) is 24.3 Å². The third-order valence-corrected chi connectivity index (χ3v) is 4.32. The number of esters is 1. The van der Waals surface area contributed by atoms with Gasteiger partial charge in [0.2, 0.25) is 0 Å². The van der Waals surface area contributed by atoms with Crippen molar-refractivity contribution in [1.29, 1.82) is 0 Å². The number of ether oxygens (including phenoxy) is 2. The zero-order chi connectivity index (χ0) is 18.2. The maximum absolute atomic E-state index is 12.0. The van der Waals surface area contributed by atoms with E-state index in [0.717, 1.165) is 4.88 Å². The molecule has 2 aromatic carbocycles. The van der Waals surface area contributed by atoms with Gasteiger partial charge in [-0.3, -0.25) is 4.79 Å². The second-order valence-electron chi connectivity index (χ2n) is 5.37. The standard InChI is InChI=1S/C20H17NO4S/c22-19(21-13-18-7-4-12-26-18)14-24-20(23)15-8-10-17(11-9-15)25-16-5-2-1-3-6-16/h1-12H,13-14H2,(H,21,22). The van der Waals surface area contributed by atoms with Gasteiger partial charge in [-0.25, -0.2) is 4.79 Å². The summed E-state index contributed by atoms with van der Waals surface area (Å²) in [6.07, 6.45) is 0. The topological polar surface area (TPSA) is 64.6 Å². The molecule has 0 aliphatic carbocycles. The van der Waals surface area contributed by atoms with Gasteiger partial charge in [0.15, 0.2) is 6.61 Å². The molecule has 6 heteroatoms. The minimum absolute atomic E-state index is 0.313. The molecule has 26 heavy (non-hydrogen) atoms. The third kappa shape index (κ3) is 5.19. The van der Waals surface area contributed by atoms with Gasteiger partial charge < -0.3 is 14.8 Å². The van der Waals surface area contributed by atoms with Crippen LogP contribution in [0.15, 0.2) is 72.1 Å². The van der Waals surface area contributed by atoms with E-state index in [2.05, 4.69) is 5.32 Å². The Hall–Kier alpha value is -3.12. The number of rotatable bonds is 7. The van der Waals surface area contributed by atoms with Crippen LogP contribution in [0.4, 0.5) is 0 Å². The van der Waals surface area contributed by atoms with Gasteiger partial charge in [-0.05, 0) is 47.8 Å². The Morgan fingerprint density at radius 3 is 2.31 bits per heavy atom. The molecule has 0 aliphatic heterocycles. The molecule has 0 unspecified atom stereocenters. The van der Waals surface area contributed by atoms with Crippen molar-refractivity contribution in [3.63, 3.8) is 0 Å². The molecule has 0 bridgehead atoms. The summed E-state index contributed by atoms with van der Waals surface area (Å²) in [6.45, 7) is 0.117. The monoisotopic (exact) mass is 367 g/mol. The Balaban J connectivity index is 1.46. The SMILES string of the molecule is O=C(COC(=O)c1ccc(Oc2ccccc2)cc1)NCc1cccs1. The molecule has 1 heterocycles. The Morgan fingerprint density at radius 2 is 1.62 bits per heavy atom. The van der Waals surface area contributed by atoms with Gasteiger partial charge in [0.25, 0.3) is 5.91 Å². The zero-order valence-corrected chi connectivity index (χ0v) is 14.7. The number of amides is 1. The first-order valence-electron chi connectivity index (χ1n) is 8.00. The molecule has 1 N–H and O–H groups in total. The molecule has 5 nitrogen and oxygen atoms in total. The lowest BCUT2D eigenvalue weighted by Crippen LogP contribution is -2.28. The van der Waals surface area contributed by atoms with Crippen LogP contribution in [0.5, 0.6) is 11.5 Å². The van der Waals surface area contributed by atoms with E-state index in [9.17, 15) is 9.59 Å². The fourth-order valence-corrected chi connectivity index (χ4v) is 2.79. The first-order valence-corrected chi connectivity index (χ1v) is 8.88. The molecule has 0 saturated carbocycles. The zero-order valence-electron chi connectivity index (χ0n) is 13.9. The van der Waals surface area contributed by atoms with Crippen molar-refractivity contribution in [3.8, 4) is 11.5 Å². The first kappa shape index (κ1) is 17.7. The highest BCUT2D eigenvalue weighted by Crippen LogP contribution is 2.21. The molecule has 0 spiro atoms. The van der Waals surface area contributed by atoms with Crippen LogP contribution < -0.4 is 10.1 Å². The molecular formula is C20H17NO4S. The molecule has 1 amide bonds. The molecule has 0 atom stereocenters. The van der Waals surface area contributed by atoms with Crippen molar-refractivity contribution < 1.29 is 19.1 Å². The van der Waals surface area contributed by atoms with E-state index >= 15 is 0 Å². The number of hydrogen-bond acceptors (Lipinski definition) is 5. The van der Waals surface area contributed by atoms with Gasteiger partial charge in [0, 0.05) is 4.88 Å². The Kier molecular flexibility index (Phi) is 6.01. The summed E-state index contributed by atoms with van der Waals surface area (Å²) in [4.78, 5) is 24.8. The summed E-state index contributed by atoms with van der Waals surface area (Å²) >= 11 is 1.55. The predicted octanol–water partition coefficient (Wildman–Crippen LogP) is 4.01. The summed E-state index contributed by atoms with van der Waals surface area (Å²) in [5.41, 5.74) is 0.358. The van der Waals surface area contributed by atoms with Crippen LogP contribution in [0.1, 0.15) is 15.2 Å². The second-order valence-corrected chi connectivity index (χ2v) is 6.40. The van der Waals surface area contributed by atoms with Crippen molar-refractivity contribution in [3.05, 3.63) is 82.6 Å². The van der Waals surface area contributed by atoms with Crippen LogP contribution in [-0.4, -0.2) is 18.5 Å². The maximum Gasteiger partial charge on any atom is 0.338 e. The van der Waals surface area contributed by atoms with E-state index < -0.39 is 5.97 Å². The van der Waals surface area contributed by atoms with Crippen LogP contribution in [-0.2, 0) is 16.1 Å². The molecule has 1 aromatic heterocycles. The Morgan fingerprint density at radius 1 is 0.885 bits per heavy atom. The van der Waals surface area contributed by atoms with Gasteiger partial charge in [-0.15, -0.1) is 11.3 Å². The second kappa shape index (κ2) is 8.82. The normalized spacial score (nSPS) is 10.2. The lowest BCUT2D eigenvalue weighted by Gasteiger charge is -2.07. The van der Waals surface area contributed by atoms with Gasteiger partial charge in [-0.2, -0.15) is 0 Å². The minimum Gasteiger partial charge on any atom is -0.457 e. The van der Waals surface area contributed by atoms with Crippen LogP contribution >= 0.6 is 11.3 Å². The highest BCUT2D eigenvalue weighted by atomic mass is 32.1. The van der Waals surface area contributed by atoms with Crippen molar-refractivity contribution >= 4 is 23.2 Å². The average molecular weight is 367 g/mol. The molecule has 0 radical (unpaired) electrons. The minimum atomic E-state index is -0.553. The lowest BCUT2D eigenvalue weighted by atomic mass is 10.2. The van der Waals surface area contributed by atoms with Crippen LogP contribution in [0.2, 0.25) is 0 Å². The summed E-state index contributed by atoms with van der Waals surface area (Å²) in [6, 6.07) is 19.8. The van der Waals surface area contributed by atoms with E-state index in [1.54, 1.807) is 35.6 Å². The van der Waals surface area contributed by atoms with Crippen LogP contribution in [0.25, 0.3) is 0 Å². The first-order chi connectivity index (χ1) is 12.7. The highest BCUT2D eigenvalue weighted by molar-refractivity contribution is 7.09. The summed E-state index contributed by atoms with van der Waals surface area (Å²) < 4.78 is 10.7. The van der Waals surface area contributed by atoms with Gasteiger partial charge in [0.05, 0.1) is 12.1 Å². The molecule has 0 fully saturated rings. The van der Waals surface area contributed by atoms with Gasteiger partial charge >= 0.3 is 5.97 Å². The van der Waals surface area contributed by atoms with E-state index in [0.29, 0.717) is 23.6 Å². The largest absolute Gasteiger partial charge is 0.457 e. The van der Waals surface area contributed by atoms with E-state index in [1.165, 1.54) is 0 Å². The number of hydrogen-bond donors (Lipinski definition) is 1. The number of nitrogens with one attached hydrogen (secondary N) is 1. The number of carbonyl (C=O) groups excluding carboxylic acids is 2. The quantitative estimate of drug-likeness (QED) is 0.641. The van der Waals surface area contributed by atoms with Crippen molar-refractivity contribution in [1.82, 2.24) is 5.32 Å². The summed E-state index contributed by atoms with van der Waals surface area (Å²) in [5.74, 6) is 0.435. The summed E-state index contributed by atoms with van der Waals surface area (Å²) in [7, 11) is 0. The molecule has 0 aliphatic rings. The van der Waals surface area contributed by atoms with Crippen molar-refractivity contribution in [2.75, 3.05) is 6.61 Å². The van der Waals surface area contributed by atoms with Crippen LogP contribution in [0.3, 0.4) is 0 Å². The number of thiophene rings is 1. The number of para-hydroxylation sites is 1. The number of carbonyl (C=O) groups is 2. The Bertz CT molecular complexity index is 845. The van der Waals surface area contributed by atoms with Crippen LogP contribution in [0, 0.1) is 0 Å². The molecule has 0 saturated heterocycles. The van der Waals surface area contributed by atoms with E-state index in [-0.39, 0.29) is 12.5 Å². The average Bonchev–Trinajstić information content (AvgIpc) is 3.19. The molecule has 3 rings (SSSR count). The molecule has 3 aromatic rings. The Labute approximate surface area is 155 Å². The fraction of sp³-hybridized carbons (Fsp3) is 0.100. The molecular weight excluding hydrogens is 350 g/mol. The number of benzene rings is 2. The maximum atomic E-state index is 12.0. The van der Waals surface area contributed by atoms with Gasteiger partial charge in [0.1, 0.15) is 11.5 Å². The molecule has 132 valence electrons.